The number of carbonyl (C=O) groups excluding carboxylic acids is 1. The molecule has 0 saturated heterocycles. The Labute approximate surface area is 173 Å². The van der Waals surface area contributed by atoms with Crippen LogP contribution in [-0.4, -0.2) is 45.5 Å². The van der Waals surface area contributed by atoms with Gasteiger partial charge in [0.05, 0.1) is 16.1 Å². The van der Waals surface area contributed by atoms with Crippen LogP contribution in [0.4, 0.5) is 32.0 Å². The van der Waals surface area contributed by atoms with Gasteiger partial charge >= 0.3 is 12.4 Å². The molecule has 1 amide bonds. The zero-order chi connectivity index (χ0) is 23.6. The highest BCUT2D eigenvalue weighted by Crippen LogP contribution is 2.36. The fourth-order valence-corrected chi connectivity index (χ4v) is 3.17. The molecule has 0 bridgehead atoms. The zero-order valence-electron chi connectivity index (χ0n) is 16.0. The van der Waals surface area contributed by atoms with E-state index in [2.05, 4.69) is 10.1 Å². The molecule has 1 N–H and O–H groups in total. The highest BCUT2D eigenvalue weighted by molar-refractivity contribution is 7.89. The van der Waals surface area contributed by atoms with E-state index in [0.717, 1.165) is 28.6 Å². The van der Waals surface area contributed by atoms with Crippen molar-refractivity contribution in [1.82, 2.24) is 4.31 Å². The Kier molecular flexibility index (Phi) is 6.90. The summed E-state index contributed by atoms with van der Waals surface area (Å²) in [4.78, 5) is 12.3. The van der Waals surface area contributed by atoms with Crippen molar-refractivity contribution in [3.05, 3.63) is 53.6 Å². The van der Waals surface area contributed by atoms with Crippen LogP contribution in [0.5, 0.6) is 5.75 Å². The molecule has 13 heteroatoms. The molecule has 2 aromatic carbocycles. The van der Waals surface area contributed by atoms with E-state index in [9.17, 15) is 39.6 Å². The van der Waals surface area contributed by atoms with Crippen LogP contribution >= 0.6 is 0 Å². The number of ether oxygens (including phenoxy) is 1. The lowest BCUT2D eigenvalue weighted by molar-refractivity contribution is -0.153. The fourth-order valence-electron chi connectivity index (χ4n) is 2.27. The Hall–Kier alpha value is -2.80. The van der Waals surface area contributed by atoms with Crippen LogP contribution in [-0.2, 0) is 16.2 Å². The molecule has 0 radical (unpaired) electrons. The quantitative estimate of drug-likeness (QED) is 0.644. The third-order valence-electron chi connectivity index (χ3n) is 3.84. The zero-order valence-corrected chi connectivity index (χ0v) is 16.8. The van der Waals surface area contributed by atoms with E-state index in [0.29, 0.717) is 18.2 Å². The molecule has 6 nitrogen and oxygen atoms in total. The van der Waals surface area contributed by atoms with Crippen molar-refractivity contribution in [2.24, 2.45) is 0 Å². The molecule has 0 atom stereocenters. The van der Waals surface area contributed by atoms with Crippen molar-refractivity contribution < 1.29 is 44.3 Å². The van der Waals surface area contributed by atoms with Crippen LogP contribution in [0, 0.1) is 0 Å². The largest absolute Gasteiger partial charge is 0.482 e. The van der Waals surface area contributed by atoms with Crippen molar-refractivity contribution in [3.63, 3.8) is 0 Å². The van der Waals surface area contributed by atoms with E-state index < -0.39 is 51.9 Å². The smallest absolute Gasteiger partial charge is 0.422 e. The molecular formula is C18H16F6N2O4S. The minimum atomic E-state index is -4.82. The summed E-state index contributed by atoms with van der Waals surface area (Å²) in [6.45, 7) is -1.78. The topological polar surface area (TPSA) is 75.7 Å². The molecule has 0 aliphatic heterocycles. The maximum Gasteiger partial charge on any atom is 0.422 e. The monoisotopic (exact) mass is 470 g/mol. The number of hydrogen-bond donors (Lipinski definition) is 1. The van der Waals surface area contributed by atoms with Gasteiger partial charge in [-0.1, -0.05) is 0 Å². The number of hydrogen-bond acceptors (Lipinski definition) is 4. The number of amides is 1. The number of benzene rings is 2. The lowest BCUT2D eigenvalue weighted by Gasteiger charge is -2.16. The van der Waals surface area contributed by atoms with Gasteiger partial charge in [0, 0.05) is 19.7 Å². The van der Waals surface area contributed by atoms with Crippen LogP contribution in [0.15, 0.2) is 47.4 Å². The predicted octanol–water partition coefficient (Wildman–Crippen LogP) is 4.15. The van der Waals surface area contributed by atoms with E-state index in [-0.39, 0.29) is 10.5 Å². The summed E-state index contributed by atoms with van der Waals surface area (Å²) in [7, 11) is -1.18. The van der Waals surface area contributed by atoms with E-state index in [4.69, 9.17) is 0 Å². The Morgan fingerprint density at radius 3 is 2.06 bits per heavy atom. The predicted molar refractivity (Wildman–Crippen MR) is 98.3 cm³/mol. The van der Waals surface area contributed by atoms with E-state index >= 15 is 0 Å². The van der Waals surface area contributed by atoms with Gasteiger partial charge in [-0.3, -0.25) is 4.79 Å². The first-order valence-electron chi connectivity index (χ1n) is 8.36. The normalized spacial score (nSPS) is 12.7. The average Bonchev–Trinajstić information content (AvgIpc) is 2.65. The standard InChI is InChI=1S/C18H16F6N2O4S/c1-26(2)31(28,29)13-6-3-11(4-7-13)16(27)25-14-9-12(18(22,23)24)5-8-15(14)30-10-17(19,20)21/h3-9H,10H2,1-2H3,(H,25,27). The maximum atomic E-state index is 13.0. The summed E-state index contributed by atoms with van der Waals surface area (Å²) in [6.07, 6.45) is -9.57. The summed E-state index contributed by atoms with van der Waals surface area (Å²) < 4.78 is 106. The summed E-state index contributed by atoms with van der Waals surface area (Å²) in [6, 6.07) is 6.05. The van der Waals surface area contributed by atoms with Gasteiger partial charge in [-0.05, 0) is 42.5 Å². The molecule has 170 valence electrons. The molecule has 0 saturated carbocycles. The van der Waals surface area contributed by atoms with Gasteiger partial charge in [0.2, 0.25) is 10.0 Å². The third-order valence-corrected chi connectivity index (χ3v) is 5.67. The van der Waals surface area contributed by atoms with Crippen molar-refractivity contribution >= 4 is 21.6 Å². The Morgan fingerprint density at radius 1 is 1.00 bits per heavy atom. The van der Waals surface area contributed by atoms with Crippen molar-refractivity contribution in [1.29, 1.82) is 0 Å². The molecule has 0 heterocycles. The number of halogens is 6. The molecule has 0 aliphatic rings. The second-order valence-electron chi connectivity index (χ2n) is 6.38. The third kappa shape index (κ3) is 6.34. The van der Waals surface area contributed by atoms with Crippen LogP contribution in [0.1, 0.15) is 15.9 Å². The number of alkyl halides is 6. The second kappa shape index (κ2) is 8.75. The van der Waals surface area contributed by atoms with Crippen LogP contribution in [0.2, 0.25) is 0 Å². The molecule has 2 rings (SSSR count). The lowest BCUT2D eigenvalue weighted by atomic mass is 10.1. The summed E-state index contributed by atoms with van der Waals surface area (Å²) in [5, 5.41) is 2.07. The summed E-state index contributed by atoms with van der Waals surface area (Å²) in [5.74, 6) is -1.60. The van der Waals surface area contributed by atoms with E-state index in [1.165, 1.54) is 14.1 Å². The maximum absolute atomic E-state index is 13.0. The number of nitrogens with zero attached hydrogens (tertiary/aromatic N) is 1. The number of carbonyl (C=O) groups is 1. The van der Waals surface area contributed by atoms with Crippen molar-refractivity contribution in [2.75, 3.05) is 26.0 Å². The molecule has 2 aromatic rings. The number of anilines is 1. The number of nitrogens with one attached hydrogen (secondary N) is 1. The molecule has 31 heavy (non-hydrogen) atoms. The van der Waals surface area contributed by atoms with Crippen molar-refractivity contribution in [3.8, 4) is 5.75 Å². The highest BCUT2D eigenvalue weighted by atomic mass is 32.2. The average molecular weight is 470 g/mol. The molecular weight excluding hydrogens is 454 g/mol. The minimum Gasteiger partial charge on any atom is -0.482 e. The van der Waals surface area contributed by atoms with Crippen LogP contribution in [0.25, 0.3) is 0 Å². The first-order valence-corrected chi connectivity index (χ1v) is 9.80. The lowest BCUT2D eigenvalue weighted by Crippen LogP contribution is -2.22. The van der Waals surface area contributed by atoms with Gasteiger partial charge in [-0.25, -0.2) is 12.7 Å². The van der Waals surface area contributed by atoms with Gasteiger partial charge in [-0.15, -0.1) is 0 Å². The molecule has 0 fully saturated rings. The van der Waals surface area contributed by atoms with Gasteiger partial charge in [0.25, 0.3) is 5.91 Å². The first-order chi connectivity index (χ1) is 14.1. The molecule has 0 unspecified atom stereocenters. The molecule has 0 aromatic heterocycles. The minimum absolute atomic E-state index is 0.137. The van der Waals surface area contributed by atoms with Gasteiger partial charge in [-0.2, -0.15) is 26.3 Å². The first kappa shape index (κ1) is 24.5. The van der Waals surface area contributed by atoms with Gasteiger partial charge < -0.3 is 10.1 Å². The Balaban J connectivity index is 2.33. The molecule has 0 spiro atoms. The SMILES string of the molecule is CN(C)S(=O)(=O)c1ccc(C(=O)Nc2cc(C(F)(F)F)ccc2OCC(F)(F)F)cc1. The van der Waals surface area contributed by atoms with Crippen LogP contribution < -0.4 is 10.1 Å². The van der Waals surface area contributed by atoms with E-state index in [1.54, 1.807) is 0 Å². The van der Waals surface area contributed by atoms with Crippen LogP contribution in [0.3, 0.4) is 0 Å². The number of sulfonamides is 1. The van der Waals surface area contributed by atoms with Crippen molar-refractivity contribution in [2.45, 2.75) is 17.2 Å². The van der Waals surface area contributed by atoms with E-state index in [1.807, 2.05) is 0 Å². The van der Waals surface area contributed by atoms with Gasteiger partial charge in [0.15, 0.2) is 6.61 Å². The molecule has 0 aliphatic carbocycles. The number of rotatable bonds is 6. The Morgan fingerprint density at radius 2 is 1.58 bits per heavy atom. The highest BCUT2D eigenvalue weighted by Gasteiger charge is 2.33. The summed E-state index contributed by atoms with van der Waals surface area (Å²) >= 11 is 0. The Bertz CT molecular complexity index is 1050. The summed E-state index contributed by atoms with van der Waals surface area (Å²) in [5.41, 5.74) is -1.99. The second-order valence-corrected chi connectivity index (χ2v) is 8.53. The fraction of sp³-hybridized carbons (Fsp3) is 0.278. The van der Waals surface area contributed by atoms with Gasteiger partial charge in [0.1, 0.15) is 5.75 Å².